The molecule has 5 nitrogen and oxygen atoms in total. The Balaban J connectivity index is 2.12. The lowest BCUT2D eigenvalue weighted by Gasteiger charge is -2.11. The molecule has 0 fully saturated rings. The maximum absolute atomic E-state index is 13.0. The van der Waals surface area contributed by atoms with Crippen LogP contribution in [0.3, 0.4) is 0 Å². The highest BCUT2D eigenvalue weighted by atomic mass is 35.5. The van der Waals surface area contributed by atoms with Gasteiger partial charge in [-0.2, -0.15) is 0 Å². The van der Waals surface area contributed by atoms with Crippen LogP contribution in [0.25, 0.3) is 11.3 Å². The average molecular weight is 397 g/mol. The summed E-state index contributed by atoms with van der Waals surface area (Å²) < 4.78 is 34.0. The summed E-state index contributed by atoms with van der Waals surface area (Å²) in [5, 5.41) is 4.22. The molecule has 2 heterocycles. The van der Waals surface area contributed by atoms with Gasteiger partial charge in [-0.1, -0.05) is 22.8 Å². The van der Waals surface area contributed by atoms with E-state index in [-0.39, 0.29) is 4.90 Å². The van der Waals surface area contributed by atoms with Crippen molar-refractivity contribution in [3.63, 3.8) is 0 Å². The van der Waals surface area contributed by atoms with Crippen LogP contribution in [0.2, 0.25) is 5.02 Å². The number of benzene rings is 1. The first-order valence-corrected chi connectivity index (χ1v) is 10.2. The number of sulfonamides is 1. The van der Waals surface area contributed by atoms with Crippen molar-refractivity contribution in [2.24, 2.45) is 0 Å². The number of hydrogen-bond donors (Lipinski definition) is 1. The number of hydrogen-bond acceptors (Lipinski definition) is 5. The molecule has 2 aromatic heterocycles. The minimum absolute atomic E-state index is 0.197. The molecule has 0 unspecified atom stereocenters. The summed E-state index contributed by atoms with van der Waals surface area (Å²) in [6.45, 7) is 7.32. The third kappa shape index (κ3) is 3.44. The van der Waals surface area contributed by atoms with E-state index in [0.29, 0.717) is 32.6 Å². The highest BCUT2D eigenvalue weighted by Crippen LogP contribution is 2.40. The van der Waals surface area contributed by atoms with Gasteiger partial charge in [0.1, 0.15) is 4.90 Å². The fraction of sp³-hybridized carbons (Fsp3) is 0.235. The van der Waals surface area contributed by atoms with Crippen molar-refractivity contribution in [3.8, 4) is 11.3 Å². The van der Waals surface area contributed by atoms with Gasteiger partial charge in [0.15, 0.2) is 5.76 Å². The standard InChI is InChI=1S/C17H17ClN2O3S2/c1-9-5-6-14(13(18)7-9)20-25(21,22)17-12(4)24-11(3)16(17)15-8-10(2)19-23-15/h5-8,20H,1-4H3. The monoisotopic (exact) mass is 396 g/mol. The lowest BCUT2D eigenvalue weighted by molar-refractivity contribution is 0.426. The Morgan fingerprint density at radius 1 is 1.12 bits per heavy atom. The van der Waals surface area contributed by atoms with Crippen molar-refractivity contribution in [3.05, 3.63) is 50.3 Å². The van der Waals surface area contributed by atoms with E-state index in [2.05, 4.69) is 9.88 Å². The Labute approximate surface area is 155 Å². The van der Waals surface area contributed by atoms with Crippen molar-refractivity contribution >= 4 is 38.6 Å². The second kappa shape index (κ2) is 6.48. The van der Waals surface area contributed by atoms with E-state index < -0.39 is 10.0 Å². The molecule has 132 valence electrons. The Morgan fingerprint density at radius 3 is 2.44 bits per heavy atom. The number of rotatable bonds is 4. The van der Waals surface area contributed by atoms with Gasteiger partial charge in [0.05, 0.1) is 22.0 Å². The molecule has 3 rings (SSSR count). The number of nitrogens with zero attached hydrogens (tertiary/aromatic N) is 1. The van der Waals surface area contributed by atoms with Crippen LogP contribution < -0.4 is 4.72 Å². The molecule has 8 heteroatoms. The first kappa shape index (κ1) is 18.0. The highest BCUT2D eigenvalue weighted by Gasteiger charge is 2.28. The smallest absolute Gasteiger partial charge is 0.263 e. The zero-order valence-electron chi connectivity index (χ0n) is 14.2. The Hall–Kier alpha value is -1.83. The topological polar surface area (TPSA) is 72.2 Å². The molecule has 25 heavy (non-hydrogen) atoms. The van der Waals surface area contributed by atoms with E-state index in [1.807, 2.05) is 13.8 Å². The fourth-order valence-corrected chi connectivity index (χ4v) is 5.94. The maximum Gasteiger partial charge on any atom is 0.263 e. The Bertz CT molecular complexity index is 1050. The minimum Gasteiger partial charge on any atom is -0.356 e. The van der Waals surface area contributed by atoms with Gasteiger partial charge in [-0.05, 0) is 45.4 Å². The van der Waals surface area contributed by atoms with E-state index in [1.54, 1.807) is 38.1 Å². The molecule has 0 saturated carbocycles. The number of anilines is 1. The van der Waals surface area contributed by atoms with Crippen molar-refractivity contribution < 1.29 is 12.9 Å². The molecule has 1 N–H and O–H groups in total. The molecule has 0 atom stereocenters. The van der Waals surface area contributed by atoms with Crippen LogP contribution in [0.4, 0.5) is 5.69 Å². The highest BCUT2D eigenvalue weighted by molar-refractivity contribution is 7.93. The van der Waals surface area contributed by atoms with Crippen LogP contribution in [-0.4, -0.2) is 13.6 Å². The van der Waals surface area contributed by atoms with Crippen LogP contribution in [0.5, 0.6) is 0 Å². The van der Waals surface area contributed by atoms with Gasteiger partial charge in [-0.3, -0.25) is 4.72 Å². The van der Waals surface area contributed by atoms with Gasteiger partial charge in [0, 0.05) is 15.8 Å². The van der Waals surface area contributed by atoms with Crippen molar-refractivity contribution in [2.45, 2.75) is 32.6 Å². The fourth-order valence-electron chi connectivity index (χ4n) is 2.65. The number of aromatic nitrogens is 1. The predicted molar refractivity (Wildman–Crippen MR) is 101 cm³/mol. The molecule has 0 aliphatic rings. The van der Waals surface area contributed by atoms with Gasteiger partial charge < -0.3 is 4.52 Å². The quantitative estimate of drug-likeness (QED) is 0.666. The number of nitrogens with one attached hydrogen (secondary N) is 1. The van der Waals surface area contributed by atoms with Crippen molar-refractivity contribution in [2.75, 3.05) is 4.72 Å². The zero-order chi connectivity index (χ0) is 18.4. The first-order chi connectivity index (χ1) is 11.7. The third-order valence-corrected chi connectivity index (χ3v) is 6.72. The van der Waals surface area contributed by atoms with Crippen LogP contribution in [0.15, 0.2) is 33.7 Å². The molecular weight excluding hydrogens is 380 g/mol. The summed E-state index contributed by atoms with van der Waals surface area (Å²) in [5.74, 6) is 0.440. The summed E-state index contributed by atoms with van der Waals surface area (Å²) in [4.78, 5) is 1.73. The van der Waals surface area contributed by atoms with E-state index in [0.717, 1.165) is 10.4 Å². The summed E-state index contributed by atoms with van der Waals surface area (Å²) in [5.41, 5.74) is 2.53. The van der Waals surface area contributed by atoms with Crippen molar-refractivity contribution in [1.29, 1.82) is 0 Å². The summed E-state index contributed by atoms with van der Waals surface area (Å²) in [6, 6.07) is 6.90. The zero-order valence-corrected chi connectivity index (χ0v) is 16.6. The van der Waals surface area contributed by atoms with E-state index in [4.69, 9.17) is 16.1 Å². The van der Waals surface area contributed by atoms with Crippen LogP contribution in [0, 0.1) is 27.7 Å². The molecule has 0 saturated heterocycles. The number of aryl methyl sites for hydroxylation is 4. The van der Waals surface area contributed by atoms with Crippen LogP contribution >= 0.6 is 22.9 Å². The molecule has 3 aromatic rings. The van der Waals surface area contributed by atoms with Gasteiger partial charge in [0.25, 0.3) is 10.0 Å². The third-order valence-electron chi connectivity index (χ3n) is 3.72. The van der Waals surface area contributed by atoms with E-state index in [9.17, 15) is 8.42 Å². The molecule has 0 bridgehead atoms. The largest absolute Gasteiger partial charge is 0.356 e. The normalized spacial score (nSPS) is 11.7. The van der Waals surface area contributed by atoms with E-state index >= 15 is 0 Å². The number of thiophene rings is 1. The van der Waals surface area contributed by atoms with Gasteiger partial charge in [-0.25, -0.2) is 8.42 Å². The predicted octanol–water partition coefficient (Wildman–Crippen LogP) is 5.09. The van der Waals surface area contributed by atoms with Gasteiger partial charge in [-0.15, -0.1) is 11.3 Å². The molecule has 0 aliphatic heterocycles. The van der Waals surface area contributed by atoms with Gasteiger partial charge in [0.2, 0.25) is 0 Å². The molecule has 0 spiro atoms. The first-order valence-electron chi connectivity index (χ1n) is 7.51. The molecule has 0 aliphatic carbocycles. The molecular formula is C17H17ClN2O3S2. The average Bonchev–Trinajstić information content (AvgIpc) is 3.05. The van der Waals surface area contributed by atoms with Crippen LogP contribution in [-0.2, 0) is 10.0 Å². The maximum atomic E-state index is 13.0. The SMILES string of the molecule is Cc1ccc(NS(=O)(=O)c2c(C)sc(C)c2-c2cc(C)no2)c(Cl)c1. The Morgan fingerprint density at radius 2 is 1.84 bits per heavy atom. The molecule has 1 aromatic carbocycles. The Kier molecular flexibility index (Phi) is 4.66. The van der Waals surface area contributed by atoms with Crippen LogP contribution in [0.1, 0.15) is 21.0 Å². The van der Waals surface area contributed by atoms with E-state index in [1.165, 1.54) is 11.3 Å². The summed E-state index contributed by atoms with van der Waals surface area (Å²) in [7, 11) is -3.84. The summed E-state index contributed by atoms with van der Waals surface area (Å²) in [6.07, 6.45) is 0. The lowest BCUT2D eigenvalue weighted by Crippen LogP contribution is -2.14. The molecule has 0 amide bonds. The minimum atomic E-state index is -3.84. The second-order valence-electron chi connectivity index (χ2n) is 5.84. The number of halogens is 1. The summed E-state index contributed by atoms with van der Waals surface area (Å²) >= 11 is 7.58. The second-order valence-corrected chi connectivity index (χ2v) is 9.30. The lowest BCUT2D eigenvalue weighted by atomic mass is 10.2. The molecule has 0 radical (unpaired) electrons. The van der Waals surface area contributed by atoms with Crippen molar-refractivity contribution in [1.82, 2.24) is 5.16 Å². The van der Waals surface area contributed by atoms with Gasteiger partial charge >= 0.3 is 0 Å².